The van der Waals surface area contributed by atoms with Crippen LogP contribution in [0.1, 0.15) is 20.3 Å². The van der Waals surface area contributed by atoms with Crippen molar-refractivity contribution in [3.05, 3.63) is 22.4 Å². The van der Waals surface area contributed by atoms with Crippen LogP contribution >= 0.6 is 0 Å². The van der Waals surface area contributed by atoms with Gasteiger partial charge in [-0.15, -0.1) is 0 Å². The summed E-state index contributed by atoms with van der Waals surface area (Å²) in [6, 6.07) is 0. The Bertz CT molecular complexity index is 210. The molecule has 4 heteroatoms. The van der Waals surface area contributed by atoms with E-state index in [2.05, 4.69) is 33.0 Å². The van der Waals surface area contributed by atoms with Gasteiger partial charge in [0.25, 0.3) is 0 Å². The van der Waals surface area contributed by atoms with Crippen molar-refractivity contribution >= 4 is 8.80 Å². The third kappa shape index (κ3) is 4.97. The predicted molar refractivity (Wildman–Crippen MR) is 50.0 cm³/mol. The van der Waals surface area contributed by atoms with Crippen molar-refractivity contribution in [3.63, 3.8) is 0 Å². The van der Waals surface area contributed by atoms with E-state index in [1.807, 2.05) is 0 Å². The van der Waals surface area contributed by atoms with Crippen molar-refractivity contribution in [2.75, 3.05) is 0 Å². The van der Waals surface area contributed by atoms with Gasteiger partial charge in [0.2, 0.25) is 0 Å². The molecule has 0 heterocycles. The van der Waals surface area contributed by atoms with Gasteiger partial charge in [0, 0.05) is 0 Å². The van der Waals surface area contributed by atoms with Crippen LogP contribution in [0.2, 0.25) is 13.1 Å². The zero-order valence-electron chi connectivity index (χ0n) is 8.62. The minimum Gasteiger partial charge on any atom is -1.00 e. The molecule has 0 aromatic heterocycles. The van der Waals surface area contributed by atoms with E-state index in [4.69, 9.17) is 0 Å². The molecule has 0 atom stereocenters. The zero-order valence-corrected chi connectivity index (χ0v) is 13.7. The number of hydrogen-bond acceptors (Lipinski definition) is 0. The first-order chi connectivity index (χ1) is 4.63. The Hall–Kier alpha value is 1.16. The second-order valence-electron chi connectivity index (χ2n) is 3.40. The Morgan fingerprint density at radius 1 is 1.15 bits per heavy atom. The van der Waals surface area contributed by atoms with Crippen LogP contribution < -0.4 is 24.8 Å². The van der Waals surface area contributed by atoms with E-state index in [1.54, 1.807) is 10.8 Å². The van der Waals surface area contributed by atoms with E-state index < -0.39 is 8.80 Å². The fourth-order valence-electron chi connectivity index (χ4n) is 1.49. The van der Waals surface area contributed by atoms with Crippen LogP contribution in [0, 0.1) is 0 Å². The minimum absolute atomic E-state index is 0. The third-order valence-electron chi connectivity index (χ3n) is 2.40. The molecule has 0 aromatic carbocycles. The summed E-state index contributed by atoms with van der Waals surface area (Å²) in [4.78, 5) is 0. The van der Waals surface area contributed by atoms with Crippen molar-refractivity contribution in [2.24, 2.45) is 0 Å². The fourth-order valence-corrected chi connectivity index (χ4v) is 3.17. The van der Waals surface area contributed by atoms with Gasteiger partial charge in [-0.25, -0.2) is 0 Å². The Labute approximate surface area is 115 Å². The Morgan fingerprint density at radius 2 is 1.62 bits per heavy atom. The maximum Gasteiger partial charge on any atom is 2.00 e. The van der Waals surface area contributed by atoms with Crippen LogP contribution in [0.4, 0.5) is 0 Å². The molecule has 13 heavy (non-hydrogen) atoms. The summed E-state index contributed by atoms with van der Waals surface area (Å²) in [5.41, 5.74) is 3.10. The molecule has 0 aromatic rings. The quantitative estimate of drug-likeness (QED) is 0.445. The molecule has 0 N–H and O–H groups in total. The Morgan fingerprint density at radius 3 is 1.77 bits per heavy atom. The molecule has 1 aliphatic carbocycles. The first-order valence-corrected chi connectivity index (χ1v) is 6.88. The van der Waals surface area contributed by atoms with Gasteiger partial charge in [0.1, 0.15) is 0 Å². The number of halogens is 2. The van der Waals surface area contributed by atoms with Gasteiger partial charge in [-0.3, -0.25) is 0 Å². The average Bonchev–Trinajstić information content (AvgIpc) is 2.14. The molecule has 0 bridgehead atoms. The molecule has 0 aliphatic heterocycles. The smallest absolute Gasteiger partial charge is 1.00 e. The van der Waals surface area contributed by atoms with Crippen LogP contribution in [0.25, 0.3) is 0 Å². The number of allylic oxidation sites excluding steroid dienone is 4. The van der Waals surface area contributed by atoms with Gasteiger partial charge in [0.05, 0.1) is 8.80 Å². The summed E-state index contributed by atoms with van der Waals surface area (Å²) in [7, 11) is -0.492. The van der Waals surface area contributed by atoms with E-state index in [1.165, 1.54) is 12.0 Å². The van der Waals surface area contributed by atoms with Gasteiger partial charge in [-0.05, 0) is 20.3 Å². The van der Waals surface area contributed by atoms with Gasteiger partial charge in [-0.1, -0.05) is 35.5 Å². The molecular formula is C9H16Cl2SiZr. The van der Waals surface area contributed by atoms with Gasteiger partial charge in [0.15, 0.2) is 0 Å². The van der Waals surface area contributed by atoms with Crippen molar-refractivity contribution in [1.29, 1.82) is 0 Å². The summed E-state index contributed by atoms with van der Waals surface area (Å²) >= 11 is 0. The van der Waals surface area contributed by atoms with E-state index in [0.717, 1.165) is 0 Å². The molecule has 0 radical (unpaired) electrons. The zero-order chi connectivity index (χ0) is 7.72. The molecule has 0 saturated carbocycles. The largest absolute Gasteiger partial charge is 2.00 e. The topological polar surface area (TPSA) is 0 Å². The number of rotatable bonds is 1. The second-order valence-corrected chi connectivity index (χ2v) is 6.40. The van der Waals surface area contributed by atoms with Crippen molar-refractivity contribution < 1.29 is 51.0 Å². The maximum absolute atomic E-state index is 2.41. The van der Waals surface area contributed by atoms with Crippen molar-refractivity contribution in [2.45, 2.75) is 33.4 Å². The Balaban J connectivity index is -0.000000333. The second kappa shape index (κ2) is 8.47. The molecule has 0 saturated heterocycles. The molecule has 0 spiro atoms. The standard InChI is InChI=1S/C9H16Si.2ClH.Zr/c1-7-5-6-9(8(7)2)10(3)4;;;/h5,10H,6H2,1-4H3;2*1H;/q;;;+2/p-2. The van der Waals surface area contributed by atoms with E-state index in [9.17, 15) is 0 Å². The summed E-state index contributed by atoms with van der Waals surface area (Å²) < 4.78 is 0. The fraction of sp³-hybridized carbons (Fsp3) is 0.556. The van der Waals surface area contributed by atoms with Crippen LogP contribution in [-0.2, 0) is 26.2 Å². The first-order valence-electron chi connectivity index (χ1n) is 3.99. The van der Waals surface area contributed by atoms with Crippen molar-refractivity contribution in [3.8, 4) is 0 Å². The normalized spacial score (nSPS) is 14.4. The summed E-state index contributed by atoms with van der Waals surface area (Å²) in [5.74, 6) is 0. The van der Waals surface area contributed by atoms with Gasteiger partial charge < -0.3 is 24.8 Å². The molecule has 0 amide bonds. The molecule has 0 fully saturated rings. The van der Waals surface area contributed by atoms with Crippen LogP contribution in [0.5, 0.6) is 0 Å². The van der Waals surface area contributed by atoms with Crippen LogP contribution in [0.15, 0.2) is 22.4 Å². The summed E-state index contributed by atoms with van der Waals surface area (Å²) in [6.45, 7) is 9.30. The van der Waals surface area contributed by atoms with Crippen molar-refractivity contribution in [1.82, 2.24) is 0 Å². The molecule has 1 rings (SSSR count). The van der Waals surface area contributed by atoms with E-state index in [-0.39, 0.29) is 51.0 Å². The minimum atomic E-state index is -0.492. The van der Waals surface area contributed by atoms with E-state index in [0.29, 0.717) is 0 Å². The van der Waals surface area contributed by atoms with E-state index >= 15 is 0 Å². The maximum atomic E-state index is 2.41. The first kappa shape index (κ1) is 19.7. The average molecular weight is 314 g/mol. The molecule has 0 unspecified atom stereocenters. The summed E-state index contributed by atoms with van der Waals surface area (Å²) in [5, 5.41) is 1.76. The third-order valence-corrected chi connectivity index (χ3v) is 4.46. The SMILES string of the molecule is CC1=CCC([SiH](C)C)=C1C.[Cl-].[Cl-].[Zr+2]. The molecular weight excluding hydrogens is 298 g/mol. The van der Waals surface area contributed by atoms with Crippen LogP contribution in [-0.4, -0.2) is 8.80 Å². The summed E-state index contributed by atoms with van der Waals surface area (Å²) in [6.07, 6.45) is 3.61. The monoisotopic (exact) mass is 312 g/mol. The van der Waals surface area contributed by atoms with Gasteiger partial charge >= 0.3 is 26.2 Å². The predicted octanol–water partition coefficient (Wildman–Crippen LogP) is -3.32. The molecule has 1 aliphatic rings. The van der Waals surface area contributed by atoms with Gasteiger partial charge in [-0.2, -0.15) is 0 Å². The molecule has 0 nitrogen and oxygen atoms in total. The number of hydrogen-bond donors (Lipinski definition) is 0. The Kier molecular flexibility index (Phi) is 12.8. The molecule has 74 valence electrons. The van der Waals surface area contributed by atoms with Crippen LogP contribution in [0.3, 0.4) is 0 Å².